The summed E-state index contributed by atoms with van der Waals surface area (Å²) in [4.78, 5) is 14.1. The average Bonchev–Trinajstić information content (AvgIpc) is 3.51. The van der Waals surface area contributed by atoms with E-state index in [1.54, 1.807) is 29.5 Å². The van der Waals surface area contributed by atoms with Gasteiger partial charge in [0.25, 0.3) is 0 Å². The molecule has 0 N–H and O–H groups in total. The highest BCUT2D eigenvalue weighted by Gasteiger charge is 2.32. The van der Waals surface area contributed by atoms with Gasteiger partial charge in [-0.25, -0.2) is 0 Å². The molecule has 1 aliphatic carbocycles. The molecule has 0 spiro atoms. The van der Waals surface area contributed by atoms with Crippen molar-refractivity contribution in [1.82, 2.24) is 4.57 Å². The number of fused-ring (bicyclic) bond motifs is 3. The van der Waals surface area contributed by atoms with Crippen LogP contribution in [0.4, 0.5) is 0 Å². The van der Waals surface area contributed by atoms with Gasteiger partial charge in [-0.2, -0.15) is 10.5 Å². The minimum atomic E-state index is -0.160. The highest BCUT2D eigenvalue weighted by Crippen LogP contribution is 2.42. The number of benzene rings is 3. The average molecular weight is 468 g/mol. The lowest BCUT2D eigenvalue weighted by Gasteiger charge is -2.08. The second-order valence-corrected chi connectivity index (χ2v) is 9.54. The predicted octanol–water partition coefficient (Wildman–Crippen LogP) is 7.14. The van der Waals surface area contributed by atoms with Gasteiger partial charge >= 0.3 is 0 Å². The Morgan fingerprint density at radius 3 is 2.34 bits per heavy atom. The van der Waals surface area contributed by atoms with E-state index < -0.39 is 0 Å². The van der Waals surface area contributed by atoms with Gasteiger partial charge in [0.1, 0.15) is 17.7 Å². The monoisotopic (exact) mass is 467 g/mol. The minimum Gasteiger partial charge on any atom is -0.343 e. The molecule has 1 aliphatic rings. The Labute approximate surface area is 205 Å². The Bertz CT molecular complexity index is 1830. The summed E-state index contributed by atoms with van der Waals surface area (Å²) in [6.07, 6.45) is 1.81. The zero-order valence-corrected chi connectivity index (χ0v) is 19.6. The Hall–Kier alpha value is -4.71. The molecule has 6 rings (SSSR count). The molecule has 0 radical (unpaired) electrons. The molecule has 5 heteroatoms. The van der Waals surface area contributed by atoms with E-state index in [9.17, 15) is 15.3 Å². The highest BCUT2D eigenvalue weighted by atomic mass is 32.1. The first-order valence-corrected chi connectivity index (χ1v) is 11.9. The molecule has 0 aliphatic heterocycles. The lowest BCUT2D eigenvalue weighted by molar-refractivity contribution is 0.104. The highest BCUT2D eigenvalue weighted by molar-refractivity contribution is 7.19. The SMILES string of the molecule is Cn1c(-c2cccc3ccccc23)cc2sc(/C=C3\C(=O)c4ccccc4C3=C(C#N)C#N)cc21. The third kappa shape index (κ3) is 3.14. The van der Waals surface area contributed by atoms with Gasteiger partial charge < -0.3 is 4.57 Å². The normalized spacial score (nSPS) is 13.9. The molecule has 2 aromatic heterocycles. The smallest absolute Gasteiger partial charge is 0.194 e. The molecule has 0 atom stereocenters. The van der Waals surface area contributed by atoms with Crippen molar-refractivity contribution in [3.8, 4) is 23.4 Å². The summed E-state index contributed by atoms with van der Waals surface area (Å²) in [6.45, 7) is 0. The van der Waals surface area contributed by atoms with Crippen LogP contribution in [-0.2, 0) is 7.05 Å². The Morgan fingerprint density at radius 2 is 1.57 bits per heavy atom. The maximum atomic E-state index is 13.2. The van der Waals surface area contributed by atoms with E-state index in [-0.39, 0.29) is 11.4 Å². The molecule has 0 saturated heterocycles. The maximum absolute atomic E-state index is 13.2. The largest absolute Gasteiger partial charge is 0.343 e. The molecular weight excluding hydrogens is 450 g/mol. The Morgan fingerprint density at radius 1 is 0.886 bits per heavy atom. The number of aryl methyl sites for hydroxylation is 1. The van der Waals surface area contributed by atoms with Gasteiger partial charge in [0.2, 0.25) is 0 Å². The molecule has 3 aromatic carbocycles. The van der Waals surface area contributed by atoms with Crippen LogP contribution in [0.1, 0.15) is 20.8 Å². The third-order valence-electron chi connectivity index (χ3n) is 6.53. The number of Topliss-reactive ketones (excluding diaryl/α,β-unsaturated/α-hetero) is 1. The van der Waals surface area contributed by atoms with Crippen molar-refractivity contribution in [2.45, 2.75) is 0 Å². The van der Waals surface area contributed by atoms with Crippen LogP contribution in [0.2, 0.25) is 0 Å². The molecular formula is C30H17N3OS. The van der Waals surface area contributed by atoms with Crippen LogP contribution in [0.25, 0.3) is 43.9 Å². The van der Waals surface area contributed by atoms with E-state index in [1.165, 1.54) is 16.3 Å². The van der Waals surface area contributed by atoms with Gasteiger partial charge in [-0.05, 0) is 34.5 Å². The zero-order valence-electron chi connectivity index (χ0n) is 18.7. The maximum Gasteiger partial charge on any atom is 0.194 e. The number of hydrogen-bond acceptors (Lipinski definition) is 4. The third-order valence-corrected chi connectivity index (χ3v) is 7.55. The lowest BCUT2D eigenvalue weighted by atomic mass is 9.99. The van der Waals surface area contributed by atoms with Gasteiger partial charge in [0.05, 0.1) is 15.9 Å². The van der Waals surface area contributed by atoms with Crippen molar-refractivity contribution in [2.75, 3.05) is 0 Å². The summed E-state index contributed by atoms with van der Waals surface area (Å²) in [5.74, 6) is -0.160. The van der Waals surface area contributed by atoms with Crippen LogP contribution >= 0.6 is 11.3 Å². The van der Waals surface area contributed by atoms with Crippen LogP contribution in [0.15, 0.2) is 90.0 Å². The van der Waals surface area contributed by atoms with Crippen LogP contribution in [0, 0.1) is 22.7 Å². The van der Waals surface area contributed by atoms with Crippen molar-refractivity contribution in [3.63, 3.8) is 0 Å². The van der Waals surface area contributed by atoms with Crippen LogP contribution in [-0.4, -0.2) is 10.4 Å². The second kappa shape index (κ2) is 7.95. The summed E-state index contributed by atoms with van der Waals surface area (Å²) in [7, 11) is 2.05. The number of aromatic nitrogens is 1. The van der Waals surface area contributed by atoms with Crippen LogP contribution in [0.3, 0.4) is 0 Å². The number of hydrogen-bond donors (Lipinski definition) is 0. The van der Waals surface area contributed by atoms with Crippen molar-refractivity contribution in [3.05, 3.63) is 106 Å². The number of nitriles is 2. The number of allylic oxidation sites excluding steroid dienone is 3. The number of carbonyl (C=O) groups excluding carboxylic acids is 1. The van der Waals surface area contributed by atoms with E-state index in [1.807, 2.05) is 30.3 Å². The first-order valence-electron chi connectivity index (χ1n) is 11.1. The first kappa shape index (κ1) is 20.9. The number of thiophene rings is 1. The molecule has 0 bridgehead atoms. The molecule has 0 amide bonds. The van der Waals surface area contributed by atoms with Crippen molar-refractivity contribution in [2.24, 2.45) is 7.05 Å². The fourth-order valence-corrected chi connectivity index (χ4v) is 5.97. The topological polar surface area (TPSA) is 69.6 Å². The molecule has 0 fully saturated rings. The van der Waals surface area contributed by atoms with Gasteiger partial charge in [0.15, 0.2) is 5.78 Å². The van der Waals surface area contributed by atoms with Gasteiger partial charge in [-0.3, -0.25) is 4.79 Å². The fourth-order valence-electron chi connectivity index (χ4n) is 4.90. The van der Waals surface area contributed by atoms with Crippen molar-refractivity contribution in [1.29, 1.82) is 10.5 Å². The minimum absolute atomic E-state index is 0.0473. The molecule has 0 unspecified atom stereocenters. The number of carbonyl (C=O) groups is 1. The summed E-state index contributed by atoms with van der Waals surface area (Å²) in [6, 6.07) is 30.0. The van der Waals surface area contributed by atoms with Gasteiger partial charge in [0, 0.05) is 34.2 Å². The molecule has 35 heavy (non-hydrogen) atoms. The number of rotatable bonds is 2. The van der Waals surface area contributed by atoms with E-state index in [4.69, 9.17) is 0 Å². The second-order valence-electron chi connectivity index (χ2n) is 8.42. The van der Waals surface area contributed by atoms with Gasteiger partial charge in [-0.1, -0.05) is 66.7 Å². The Kier molecular flexibility index (Phi) is 4.74. The summed E-state index contributed by atoms with van der Waals surface area (Å²) < 4.78 is 3.28. The first-order chi connectivity index (χ1) is 17.1. The van der Waals surface area contributed by atoms with Crippen molar-refractivity contribution >= 4 is 49.8 Å². The zero-order chi connectivity index (χ0) is 24.1. The molecule has 4 nitrogen and oxygen atoms in total. The number of nitrogens with zero attached hydrogens (tertiary/aromatic N) is 3. The van der Waals surface area contributed by atoms with E-state index in [0.717, 1.165) is 20.8 Å². The molecule has 164 valence electrons. The Balaban J connectivity index is 1.49. The number of ketones is 1. The van der Waals surface area contributed by atoms with E-state index in [2.05, 4.69) is 60.1 Å². The standard InChI is InChI=1S/C30H17N3OS/c1-33-26(22-12-6-8-18-7-2-3-9-21(18)22)15-28-27(33)14-20(35-28)13-25-29(19(16-31)17-32)23-10-4-5-11-24(23)30(25)34/h2-15H,1H3/b25-13-. The fraction of sp³-hybridized carbons (Fsp3) is 0.0333. The van der Waals surface area contributed by atoms with Crippen LogP contribution in [0.5, 0.6) is 0 Å². The van der Waals surface area contributed by atoms with E-state index in [0.29, 0.717) is 22.3 Å². The van der Waals surface area contributed by atoms with E-state index >= 15 is 0 Å². The molecule has 5 aromatic rings. The molecule has 0 saturated carbocycles. The van der Waals surface area contributed by atoms with Gasteiger partial charge in [-0.15, -0.1) is 11.3 Å². The quantitative estimate of drug-likeness (QED) is 0.205. The molecule has 2 heterocycles. The predicted molar refractivity (Wildman–Crippen MR) is 141 cm³/mol. The van der Waals surface area contributed by atoms with Crippen LogP contribution < -0.4 is 0 Å². The summed E-state index contributed by atoms with van der Waals surface area (Å²) >= 11 is 1.59. The van der Waals surface area contributed by atoms with Crippen molar-refractivity contribution < 1.29 is 4.79 Å². The summed E-state index contributed by atoms with van der Waals surface area (Å²) in [5, 5.41) is 21.5. The lowest BCUT2D eigenvalue weighted by Crippen LogP contribution is -1.95. The summed E-state index contributed by atoms with van der Waals surface area (Å²) in [5.41, 5.74) is 5.30.